The van der Waals surface area contributed by atoms with Crippen LogP contribution >= 0.6 is 11.3 Å². The summed E-state index contributed by atoms with van der Waals surface area (Å²) in [7, 11) is 3.35. The van der Waals surface area contributed by atoms with Gasteiger partial charge in [-0.15, -0.1) is 11.3 Å². The fourth-order valence-corrected chi connectivity index (χ4v) is 3.54. The van der Waals surface area contributed by atoms with Crippen molar-refractivity contribution in [1.29, 1.82) is 0 Å². The average molecular weight is 333 g/mol. The molecule has 0 amide bonds. The first-order valence-corrected chi connectivity index (χ1v) is 8.80. The number of aromatic nitrogens is 1. The van der Waals surface area contributed by atoms with Crippen LogP contribution in [0.25, 0.3) is 0 Å². The highest BCUT2D eigenvalue weighted by Gasteiger charge is 2.20. The standard InChI is InChI=1S/C17H23N3O2S/c1-21-16-6-14(7-17(8-16)22-2)19-13-4-3-5-20(9-13)10-15-11-23-12-18-15/h6-8,11-13,19H,3-5,9-10H2,1-2H3. The van der Waals surface area contributed by atoms with Gasteiger partial charge in [0, 0.05) is 48.4 Å². The van der Waals surface area contributed by atoms with Crippen LogP contribution in [0.1, 0.15) is 18.5 Å². The Morgan fingerprint density at radius 3 is 2.70 bits per heavy atom. The summed E-state index contributed by atoms with van der Waals surface area (Å²) in [6, 6.07) is 6.35. The van der Waals surface area contributed by atoms with E-state index >= 15 is 0 Å². The van der Waals surface area contributed by atoms with Gasteiger partial charge in [-0.3, -0.25) is 4.90 Å². The second kappa shape index (κ2) is 7.66. The van der Waals surface area contributed by atoms with Crippen LogP contribution in [-0.4, -0.2) is 43.2 Å². The minimum absolute atomic E-state index is 0.430. The quantitative estimate of drug-likeness (QED) is 0.879. The van der Waals surface area contributed by atoms with Crippen molar-refractivity contribution in [3.8, 4) is 11.5 Å². The SMILES string of the molecule is COc1cc(NC2CCCN(Cc3cscn3)C2)cc(OC)c1. The van der Waals surface area contributed by atoms with Gasteiger partial charge in [-0.05, 0) is 19.4 Å². The van der Waals surface area contributed by atoms with Crippen molar-refractivity contribution < 1.29 is 9.47 Å². The van der Waals surface area contributed by atoms with Crippen LogP contribution in [0.2, 0.25) is 0 Å². The molecule has 0 radical (unpaired) electrons. The second-order valence-corrected chi connectivity index (χ2v) is 6.52. The Labute approximate surface area is 141 Å². The number of nitrogens with zero attached hydrogens (tertiary/aromatic N) is 2. The first-order chi connectivity index (χ1) is 11.3. The number of nitrogens with one attached hydrogen (secondary N) is 1. The van der Waals surface area contributed by atoms with Crippen molar-refractivity contribution in [1.82, 2.24) is 9.88 Å². The lowest BCUT2D eigenvalue weighted by Gasteiger charge is -2.33. The number of rotatable bonds is 6. The molecule has 0 saturated carbocycles. The minimum Gasteiger partial charge on any atom is -0.497 e. The smallest absolute Gasteiger partial charge is 0.124 e. The third-order valence-corrected chi connectivity index (χ3v) is 4.73. The van der Waals surface area contributed by atoms with Crippen LogP contribution in [0, 0.1) is 0 Å². The molecule has 1 aliphatic rings. The largest absolute Gasteiger partial charge is 0.497 e. The number of hydrogen-bond acceptors (Lipinski definition) is 6. The Kier molecular flexibility index (Phi) is 5.35. The molecule has 5 nitrogen and oxygen atoms in total. The van der Waals surface area contributed by atoms with E-state index < -0.39 is 0 Å². The molecule has 2 heterocycles. The van der Waals surface area contributed by atoms with E-state index in [0.29, 0.717) is 6.04 Å². The number of ether oxygens (including phenoxy) is 2. The number of benzene rings is 1. The van der Waals surface area contributed by atoms with Crippen LogP contribution in [0.15, 0.2) is 29.1 Å². The normalized spacial score (nSPS) is 18.6. The molecule has 1 aliphatic heterocycles. The van der Waals surface area contributed by atoms with Gasteiger partial charge in [-0.2, -0.15) is 0 Å². The Hall–Kier alpha value is -1.79. The first-order valence-electron chi connectivity index (χ1n) is 7.86. The van der Waals surface area contributed by atoms with Gasteiger partial charge in [-0.25, -0.2) is 4.98 Å². The Morgan fingerprint density at radius 1 is 1.26 bits per heavy atom. The van der Waals surface area contributed by atoms with Crippen molar-refractivity contribution in [2.45, 2.75) is 25.4 Å². The second-order valence-electron chi connectivity index (χ2n) is 5.80. The molecule has 0 aliphatic carbocycles. The molecular formula is C17H23N3O2S. The van der Waals surface area contributed by atoms with Gasteiger partial charge < -0.3 is 14.8 Å². The van der Waals surface area contributed by atoms with Gasteiger partial charge in [0.2, 0.25) is 0 Å². The van der Waals surface area contributed by atoms with Crippen LogP contribution in [0.3, 0.4) is 0 Å². The summed E-state index contributed by atoms with van der Waals surface area (Å²) in [6.07, 6.45) is 2.37. The van der Waals surface area contributed by atoms with E-state index in [4.69, 9.17) is 9.47 Å². The maximum Gasteiger partial charge on any atom is 0.124 e. The van der Waals surface area contributed by atoms with E-state index in [1.54, 1.807) is 25.6 Å². The van der Waals surface area contributed by atoms with E-state index in [9.17, 15) is 0 Å². The maximum absolute atomic E-state index is 5.34. The molecule has 0 bridgehead atoms. The Bertz CT molecular complexity index is 596. The molecule has 3 rings (SSSR count). The zero-order chi connectivity index (χ0) is 16.1. The third-order valence-electron chi connectivity index (χ3n) is 4.10. The molecule has 1 saturated heterocycles. The lowest BCUT2D eigenvalue weighted by Crippen LogP contribution is -2.41. The highest BCUT2D eigenvalue weighted by molar-refractivity contribution is 7.07. The summed E-state index contributed by atoms with van der Waals surface area (Å²) in [5.41, 5.74) is 4.11. The topological polar surface area (TPSA) is 46.6 Å². The van der Waals surface area contributed by atoms with Gasteiger partial charge in [0.25, 0.3) is 0 Å². The fourth-order valence-electron chi connectivity index (χ4n) is 2.99. The monoisotopic (exact) mass is 333 g/mol. The molecule has 1 atom stereocenters. The van der Waals surface area contributed by atoms with E-state index in [-0.39, 0.29) is 0 Å². The third kappa shape index (κ3) is 4.36. The number of piperidine rings is 1. The van der Waals surface area contributed by atoms with Crippen LogP contribution in [0.5, 0.6) is 11.5 Å². The molecule has 1 aromatic heterocycles. The molecular weight excluding hydrogens is 310 g/mol. The Balaban J connectivity index is 1.63. The predicted octanol–water partition coefficient (Wildman–Crippen LogP) is 3.24. The Morgan fingerprint density at radius 2 is 2.04 bits per heavy atom. The lowest BCUT2D eigenvalue weighted by atomic mass is 10.0. The molecule has 6 heteroatoms. The predicted molar refractivity (Wildman–Crippen MR) is 93.6 cm³/mol. The summed E-state index contributed by atoms with van der Waals surface area (Å²) in [4.78, 5) is 6.85. The molecule has 0 spiro atoms. The van der Waals surface area contributed by atoms with E-state index in [0.717, 1.165) is 36.8 Å². The molecule has 1 aromatic carbocycles. The van der Waals surface area contributed by atoms with Crippen molar-refractivity contribution in [2.75, 3.05) is 32.6 Å². The molecule has 1 fully saturated rings. The summed E-state index contributed by atoms with van der Waals surface area (Å²) in [6.45, 7) is 3.09. The summed E-state index contributed by atoms with van der Waals surface area (Å²) in [5, 5.41) is 5.75. The van der Waals surface area contributed by atoms with Crippen molar-refractivity contribution in [3.63, 3.8) is 0 Å². The summed E-state index contributed by atoms with van der Waals surface area (Å²) >= 11 is 1.66. The number of hydrogen-bond donors (Lipinski definition) is 1. The molecule has 124 valence electrons. The summed E-state index contributed by atoms with van der Waals surface area (Å²) < 4.78 is 10.7. The number of anilines is 1. The van der Waals surface area contributed by atoms with Gasteiger partial charge in [0.15, 0.2) is 0 Å². The van der Waals surface area contributed by atoms with E-state index in [1.165, 1.54) is 18.5 Å². The minimum atomic E-state index is 0.430. The van der Waals surface area contributed by atoms with Crippen molar-refractivity contribution >= 4 is 17.0 Å². The van der Waals surface area contributed by atoms with Gasteiger partial charge in [0.05, 0.1) is 25.4 Å². The summed E-state index contributed by atoms with van der Waals surface area (Å²) in [5.74, 6) is 1.61. The number of likely N-dealkylation sites (tertiary alicyclic amines) is 1. The first kappa shape index (κ1) is 16.1. The van der Waals surface area contributed by atoms with Gasteiger partial charge in [-0.1, -0.05) is 0 Å². The molecule has 1 N–H and O–H groups in total. The van der Waals surface area contributed by atoms with Crippen LogP contribution in [0.4, 0.5) is 5.69 Å². The van der Waals surface area contributed by atoms with E-state index in [1.807, 2.05) is 23.7 Å². The highest BCUT2D eigenvalue weighted by atomic mass is 32.1. The van der Waals surface area contributed by atoms with Crippen molar-refractivity contribution in [2.24, 2.45) is 0 Å². The van der Waals surface area contributed by atoms with Crippen LogP contribution < -0.4 is 14.8 Å². The number of methoxy groups -OCH3 is 2. The van der Waals surface area contributed by atoms with Crippen molar-refractivity contribution in [3.05, 3.63) is 34.8 Å². The molecule has 1 unspecified atom stereocenters. The van der Waals surface area contributed by atoms with Gasteiger partial charge >= 0.3 is 0 Å². The maximum atomic E-state index is 5.34. The fraction of sp³-hybridized carbons (Fsp3) is 0.471. The molecule has 2 aromatic rings. The lowest BCUT2D eigenvalue weighted by molar-refractivity contribution is 0.207. The zero-order valence-corrected chi connectivity index (χ0v) is 14.4. The van der Waals surface area contributed by atoms with Crippen LogP contribution in [-0.2, 0) is 6.54 Å². The zero-order valence-electron chi connectivity index (χ0n) is 13.6. The highest BCUT2D eigenvalue weighted by Crippen LogP contribution is 2.27. The van der Waals surface area contributed by atoms with E-state index in [2.05, 4.69) is 20.6 Å². The van der Waals surface area contributed by atoms with Gasteiger partial charge in [0.1, 0.15) is 11.5 Å². The molecule has 23 heavy (non-hydrogen) atoms. The number of thiazole rings is 1. The average Bonchev–Trinajstić information content (AvgIpc) is 3.07.